The Morgan fingerprint density at radius 2 is 1.92 bits per heavy atom. The molecule has 1 unspecified atom stereocenters. The van der Waals surface area contributed by atoms with Gasteiger partial charge in [0.2, 0.25) is 0 Å². The molecule has 0 spiro atoms. The van der Waals surface area contributed by atoms with Gasteiger partial charge in [0.1, 0.15) is 5.76 Å². The maximum atomic E-state index is 12.5. The first kappa shape index (κ1) is 16.3. The van der Waals surface area contributed by atoms with Gasteiger partial charge in [-0.15, -0.1) is 0 Å². The molecule has 25 heavy (non-hydrogen) atoms. The summed E-state index contributed by atoms with van der Waals surface area (Å²) in [5, 5.41) is 14.3. The van der Waals surface area contributed by atoms with E-state index in [-0.39, 0.29) is 5.91 Å². The zero-order valence-electron chi connectivity index (χ0n) is 14.2. The zero-order valence-corrected chi connectivity index (χ0v) is 14.2. The molecule has 1 saturated heterocycles. The number of amides is 1. The van der Waals surface area contributed by atoms with Crippen molar-refractivity contribution in [3.05, 3.63) is 53.4 Å². The summed E-state index contributed by atoms with van der Waals surface area (Å²) >= 11 is 0. The molecule has 1 aromatic carbocycles. The number of carbonyl (C=O) groups excluding carboxylic acids is 1. The lowest BCUT2D eigenvalue weighted by molar-refractivity contribution is 0.0520. The van der Waals surface area contributed by atoms with Crippen molar-refractivity contribution in [2.75, 3.05) is 32.7 Å². The minimum Gasteiger partial charge on any atom is -0.387 e. The van der Waals surface area contributed by atoms with Gasteiger partial charge in [0, 0.05) is 44.7 Å². The maximum absolute atomic E-state index is 12.5. The Morgan fingerprint density at radius 1 is 1.20 bits per heavy atom. The van der Waals surface area contributed by atoms with E-state index in [4.69, 9.17) is 4.52 Å². The number of hydrogen-bond acceptors (Lipinski definition) is 5. The van der Waals surface area contributed by atoms with E-state index in [2.05, 4.69) is 10.1 Å². The van der Waals surface area contributed by atoms with Crippen LogP contribution in [0.25, 0.3) is 0 Å². The fourth-order valence-corrected chi connectivity index (χ4v) is 3.27. The number of hydrogen-bond donors (Lipinski definition) is 1. The standard InChI is InChI=1S/C19H23N3O3/c23-17(14-4-2-1-3-5-14)13-21-8-10-22(11-9-21)19(24)16-12-18(25-20-16)15-6-7-15/h1-5,12,15,17,23H,6-11,13H2. The van der Waals surface area contributed by atoms with Crippen LogP contribution in [0, 0.1) is 0 Å². The fraction of sp³-hybridized carbons (Fsp3) is 0.474. The third-order valence-electron chi connectivity index (χ3n) is 5.00. The zero-order chi connectivity index (χ0) is 17.2. The average molecular weight is 341 g/mol. The Morgan fingerprint density at radius 3 is 2.60 bits per heavy atom. The van der Waals surface area contributed by atoms with Gasteiger partial charge in [-0.25, -0.2) is 0 Å². The van der Waals surface area contributed by atoms with Gasteiger partial charge in [-0.1, -0.05) is 35.5 Å². The van der Waals surface area contributed by atoms with E-state index >= 15 is 0 Å². The molecule has 6 heteroatoms. The molecular formula is C19H23N3O3. The minimum absolute atomic E-state index is 0.0566. The second-order valence-corrected chi connectivity index (χ2v) is 6.91. The van der Waals surface area contributed by atoms with Gasteiger partial charge in [0.25, 0.3) is 5.91 Å². The lowest BCUT2D eigenvalue weighted by Crippen LogP contribution is -2.49. The summed E-state index contributed by atoms with van der Waals surface area (Å²) in [7, 11) is 0. The highest BCUT2D eigenvalue weighted by Gasteiger charge is 2.30. The summed E-state index contributed by atoms with van der Waals surface area (Å²) in [5.41, 5.74) is 1.34. The number of piperazine rings is 1. The van der Waals surface area contributed by atoms with Gasteiger partial charge in [-0.05, 0) is 18.4 Å². The topological polar surface area (TPSA) is 69.8 Å². The van der Waals surface area contributed by atoms with Crippen LogP contribution >= 0.6 is 0 Å². The Labute approximate surface area is 147 Å². The van der Waals surface area contributed by atoms with Crippen molar-refractivity contribution in [2.24, 2.45) is 0 Å². The van der Waals surface area contributed by atoms with Crippen molar-refractivity contribution in [3.8, 4) is 0 Å². The molecule has 2 fully saturated rings. The Balaban J connectivity index is 1.29. The summed E-state index contributed by atoms with van der Waals surface area (Å²) in [4.78, 5) is 16.6. The SMILES string of the molecule is O=C(c1cc(C2CC2)on1)N1CCN(CC(O)c2ccccc2)CC1. The highest BCUT2D eigenvalue weighted by Crippen LogP contribution is 2.40. The van der Waals surface area contributed by atoms with Crippen molar-refractivity contribution in [3.63, 3.8) is 0 Å². The van der Waals surface area contributed by atoms with Crippen molar-refractivity contribution in [1.82, 2.24) is 15.0 Å². The van der Waals surface area contributed by atoms with Crippen LogP contribution in [-0.2, 0) is 0 Å². The van der Waals surface area contributed by atoms with E-state index in [9.17, 15) is 9.90 Å². The van der Waals surface area contributed by atoms with Crippen LogP contribution in [0.15, 0.2) is 40.9 Å². The second kappa shape index (κ2) is 6.98. The van der Waals surface area contributed by atoms with Gasteiger partial charge in [0.05, 0.1) is 6.10 Å². The predicted molar refractivity (Wildman–Crippen MR) is 92.2 cm³/mol. The fourth-order valence-electron chi connectivity index (χ4n) is 3.27. The summed E-state index contributed by atoms with van der Waals surface area (Å²) in [6, 6.07) is 11.5. The third kappa shape index (κ3) is 3.75. The van der Waals surface area contributed by atoms with Crippen molar-refractivity contribution >= 4 is 5.91 Å². The Bertz CT molecular complexity index is 719. The van der Waals surface area contributed by atoms with E-state index in [0.717, 1.165) is 37.3 Å². The van der Waals surface area contributed by atoms with Crippen molar-refractivity contribution < 1.29 is 14.4 Å². The normalized spacial score (nSPS) is 19.8. The minimum atomic E-state index is -0.500. The van der Waals surface area contributed by atoms with Gasteiger partial charge in [-0.3, -0.25) is 9.69 Å². The monoisotopic (exact) mass is 341 g/mol. The van der Waals surface area contributed by atoms with Gasteiger partial charge in [0.15, 0.2) is 5.69 Å². The number of aromatic nitrogens is 1. The molecule has 2 aliphatic rings. The molecule has 6 nitrogen and oxygen atoms in total. The lowest BCUT2D eigenvalue weighted by atomic mass is 10.1. The molecule has 1 amide bonds. The molecule has 2 heterocycles. The number of β-amino-alcohol motifs (C(OH)–C–C–N with tert-alkyl or cyclic N) is 1. The number of aliphatic hydroxyl groups excluding tert-OH is 1. The molecule has 4 rings (SSSR count). The Hall–Kier alpha value is -2.18. The maximum Gasteiger partial charge on any atom is 0.276 e. The van der Waals surface area contributed by atoms with Gasteiger partial charge >= 0.3 is 0 Å². The first-order chi connectivity index (χ1) is 12.2. The highest BCUT2D eigenvalue weighted by molar-refractivity contribution is 5.92. The number of aliphatic hydroxyl groups is 1. The van der Waals surface area contributed by atoms with E-state index in [1.807, 2.05) is 35.2 Å². The molecule has 1 aliphatic heterocycles. The van der Waals surface area contributed by atoms with Gasteiger partial charge in [-0.2, -0.15) is 0 Å². The first-order valence-corrected chi connectivity index (χ1v) is 8.92. The third-order valence-corrected chi connectivity index (χ3v) is 5.00. The number of carbonyl (C=O) groups is 1. The largest absolute Gasteiger partial charge is 0.387 e. The lowest BCUT2D eigenvalue weighted by Gasteiger charge is -2.35. The van der Waals surface area contributed by atoms with Gasteiger partial charge < -0.3 is 14.5 Å². The average Bonchev–Trinajstić information content (AvgIpc) is 3.39. The van der Waals surface area contributed by atoms with Crippen LogP contribution in [-0.4, -0.2) is 58.7 Å². The molecule has 0 radical (unpaired) electrons. The molecule has 1 atom stereocenters. The molecular weight excluding hydrogens is 318 g/mol. The van der Waals surface area contributed by atoms with E-state index < -0.39 is 6.10 Å². The molecule has 1 aromatic heterocycles. The predicted octanol–water partition coefficient (Wildman–Crippen LogP) is 2.04. The van der Waals surface area contributed by atoms with E-state index in [1.54, 1.807) is 6.07 Å². The smallest absolute Gasteiger partial charge is 0.276 e. The molecule has 1 aliphatic carbocycles. The number of rotatable bonds is 5. The summed E-state index contributed by atoms with van der Waals surface area (Å²) in [5.74, 6) is 1.25. The van der Waals surface area contributed by atoms with E-state index in [1.165, 1.54) is 0 Å². The second-order valence-electron chi connectivity index (χ2n) is 6.91. The quantitative estimate of drug-likeness (QED) is 0.901. The summed E-state index contributed by atoms with van der Waals surface area (Å²) in [6.45, 7) is 3.38. The molecule has 1 saturated carbocycles. The Kier molecular flexibility index (Phi) is 4.55. The van der Waals surface area contributed by atoms with Crippen molar-refractivity contribution in [2.45, 2.75) is 24.9 Å². The van der Waals surface area contributed by atoms with Crippen molar-refractivity contribution in [1.29, 1.82) is 0 Å². The molecule has 2 aromatic rings. The van der Waals surface area contributed by atoms with Crippen LogP contribution in [0.4, 0.5) is 0 Å². The number of benzene rings is 1. The van der Waals surface area contributed by atoms with Crippen LogP contribution in [0.1, 0.15) is 46.7 Å². The van der Waals surface area contributed by atoms with Crippen LogP contribution in [0.5, 0.6) is 0 Å². The van der Waals surface area contributed by atoms with E-state index in [0.29, 0.717) is 31.2 Å². The molecule has 0 bridgehead atoms. The molecule has 132 valence electrons. The van der Waals surface area contributed by atoms with Crippen LogP contribution in [0.3, 0.4) is 0 Å². The molecule has 1 N–H and O–H groups in total. The number of nitrogens with zero attached hydrogens (tertiary/aromatic N) is 3. The first-order valence-electron chi connectivity index (χ1n) is 8.92. The summed E-state index contributed by atoms with van der Waals surface area (Å²) < 4.78 is 5.28. The summed E-state index contributed by atoms with van der Waals surface area (Å²) in [6.07, 6.45) is 1.76. The van der Waals surface area contributed by atoms with Crippen LogP contribution in [0.2, 0.25) is 0 Å². The highest BCUT2D eigenvalue weighted by atomic mass is 16.5. The van der Waals surface area contributed by atoms with Crippen LogP contribution < -0.4 is 0 Å².